The number of fused-ring (bicyclic) bond motifs is 7. The Morgan fingerprint density at radius 2 is 1.11 bits per heavy atom. The number of aliphatic hydroxyl groups is 1. The average molecular weight is 1370 g/mol. The number of hydrogen-bond acceptors (Lipinski definition) is 16. The monoisotopic (exact) mass is 1360 g/mol. The highest BCUT2D eigenvalue weighted by Gasteiger charge is 2.34. The smallest absolute Gasteiger partial charge is 0.433 e. The minimum atomic E-state index is -4.70. The van der Waals surface area contributed by atoms with Crippen LogP contribution in [0.25, 0.3) is 63.0 Å². The lowest BCUT2D eigenvalue weighted by atomic mass is 9.97. The Kier molecular flexibility index (Phi) is 20.9. The zero-order valence-electron chi connectivity index (χ0n) is 53.6. The van der Waals surface area contributed by atoms with E-state index in [0.29, 0.717) is 81.4 Å². The maximum Gasteiger partial charge on any atom is 0.433 e. The third-order valence-corrected chi connectivity index (χ3v) is 15.5. The highest BCUT2D eigenvalue weighted by atomic mass is 19.4. The summed E-state index contributed by atoms with van der Waals surface area (Å²) in [7, 11) is 0. The van der Waals surface area contributed by atoms with Gasteiger partial charge in [-0.25, -0.2) is 86.3 Å². The van der Waals surface area contributed by atoms with Gasteiger partial charge in [-0.15, -0.1) is 0 Å². The van der Waals surface area contributed by atoms with Crippen LogP contribution in [0, 0.1) is 53.3 Å². The van der Waals surface area contributed by atoms with Crippen molar-refractivity contribution in [3.05, 3.63) is 226 Å². The lowest BCUT2D eigenvalue weighted by Gasteiger charge is -2.19. The fraction of sp³-hybridized carbons (Fsp3) is 0.302. The number of alkyl halides is 3. The van der Waals surface area contributed by atoms with E-state index in [2.05, 4.69) is 89.6 Å². The lowest BCUT2D eigenvalue weighted by Crippen LogP contribution is -2.24. The molecular formula is C63H55F3N24O10. The van der Waals surface area contributed by atoms with Gasteiger partial charge in [-0.1, -0.05) is 27.7 Å². The summed E-state index contributed by atoms with van der Waals surface area (Å²) in [6.45, 7) is 52.8. The van der Waals surface area contributed by atoms with Crippen molar-refractivity contribution in [2.24, 2.45) is 0 Å². The SMILES string of the molecule is [C-]#[N+]c1c[nH]n2c(=O)c(C(C)C)c(C)nc12.[C-]#[N+]c1c[nH]n2c(=O)c(C3CC3)c(C)nc12.[C-]#[N+]c1c[nH]n2c(=O)c(CC)c(C(=O)O)nc12.[C-]#[N+]c1c[nH]n2c(=O)c(CC)c(C=O)nc12.[C-]#[N+]c1c[nH]n2c(=O)cc(C(F)(F)F)nc12.[C-]#[N+]c1cnn2c(OCCO)c3c(nc12)CCCC3. The van der Waals surface area contributed by atoms with Gasteiger partial charge in [0.2, 0.25) is 40.0 Å². The van der Waals surface area contributed by atoms with Gasteiger partial charge < -0.3 is 40.4 Å². The molecule has 0 radical (unpaired) electrons. The molecule has 12 aromatic heterocycles. The Labute approximate surface area is 559 Å². The molecule has 0 amide bonds. The second kappa shape index (κ2) is 29.6. The predicted molar refractivity (Wildman–Crippen MR) is 350 cm³/mol. The number of hydrogen-bond donors (Lipinski definition) is 7. The van der Waals surface area contributed by atoms with Crippen molar-refractivity contribution in [2.45, 2.75) is 111 Å². The summed E-state index contributed by atoms with van der Waals surface area (Å²) in [4.78, 5) is 125. The van der Waals surface area contributed by atoms with Crippen LogP contribution in [0.3, 0.4) is 0 Å². The van der Waals surface area contributed by atoms with Crippen LogP contribution >= 0.6 is 0 Å². The molecule has 0 unspecified atom stereocenters. The number of rotatable bonds is 9. The predicted octanol–water partition coefficient (Wildman–Crippen LogP) is 8.67. The van der Waals surface area contributed by atoms with Gasteiger partial charge in [-0.2, -0.15) is 22.8 Å². The maximum absolute atomic E-state index is 12.3. The number of carboxylic acids is 1. The van der Waals surface area contributed by atoms with Gasteiger partial charge in [0.15, 0.2) is 51.6 Å². The zero-order chi connectivity index (χ0) is 72.6. The van der Waals surface area contributed by atoms with Crippen LogP contribution < -0.4 is 32.5 Å². The fourth-order valence-electron chi connectivity index (χ4n) is 10.7. The van der Waals surface area contributed by atoms with Gasteiger partial charge >= 0.3 is 12.1 Å². The van der Waals surface area contributed by atoms with E-state index >= 15 is 0 Å². The number of aryl methyl sites for hydroxylation is 3. The molecule has 0 aliphatic heterocycles. The summed E-state index contributed by atoms with van der Waals surface area (Å²) in [6.07, 6.45) is 11.1. The molecule has 1 saturated carbocycles. The van der Waals surface area contributed by atoms with Crippen molar-refractivity contribution in [3.63, 3.8) is 0 Å². The standard InChI is InChI=1S/C13H14N4O2.C11H10N4O.C11H12N4O.C10H8N4O3.C10H8N4O2.C8H3F3N4O/c1-14-11-8-15-17-12(11)16-10-5-3-2-4-9(10)13(17)19-7-6-18;1-6-9(7-3-4-7)11(16)15-10(14-6)8(12-2)5-13-15;1-6(2)9-7(3)14-10-8(12-4)5-13-15(10)11(9)16;1-3-5-7(10(16)17)13-8-6(11-2)4-12-14(8)9(5)15;1-3-6-8(5-15)13-9-7(11-2)4-12-14(9)10(6)16;1-12-4-3-13-15-6(16)2-5(8(9,10)11)14-7(4)15/h8,18H,2-7H2;5,7,13H,3-4H2,1H3;5-6,13H,1-3H3;4,12H,3H2,1H3,(H,16,17);4-5,12H,3H2,1H3;2-3,13H. The van der Waals surface area contributed by atoms with Gasteiger partial charge in [-0.3, -0.25) is 28.8 Å². The topological polar surface area (TPSA) is 391 Å². The first-order valence-electron chi connectivity index (χ1n) is 30.1. The number of ether oxygens (including phenoxy) is 1. The highest BCUT2D eigenvalue weighted by Crippen LogP contribution is 2.40. The summed E-state index contributed by atoms with van der Waals surface area (Å²) in [5.74, 6) is -0.143. The number of aromatic carboxylic acids is 1. The van der Waals surface area contributed by atoms with Gasteiger partial charge in [0.1, 0.15) is 12.3 Å². The minimum Gasteiger partial charge on any atom is -0.476 e. The average Bonchev–Trinajstić information content (AvgIpc) is 1.76. The van der Waals surface area contributed by atoms with E-state index in [1.165, 1.54) is 44.5 Å². The van der Waals surface area contributed by atoms with Gasteiger partial charge in [-0.05, 0) is 77.0 Å². The van der Waals surface area contributed by atoms with Crippen molar-refractivity contribution in [1.82, 2.24) is 87.6 Å². The summed E-state index contributed by atoms with van der Waals surface area (Å²) in [6, 6.07) is 0.372. The molecule has 14 rings (SSSR count). The highest BCUT2D eigenvalue weighted by molar-refractivity contribution is 5.88. The van der Waals surface area contributed by atoms with Crippen LogP contribution in [0.1, 0.15) is 137 Å². The summed E-state index contributed by atoms with van der Waals surface area (Å²) < 4.78 is 50.0. The Morgan fingerprint density at radius 1 is 0.640 bits per heavy atom. The van der Waals surface area contributed by atoms with Crippen LogP contribution in [0.15, 0.2) is 67.2 Å². The second-order valence-corrected chi connectivity index (χ2v) is 22.0. The molecule has 12 heterocycles. The second-order valence-electron chi connectivity index (χ2n) is 22.0. The first-order valence-corrected chi connectivity index (χ1v) is 30.1. The van der Waals surface area contributed by atoms with E-state index in [1.807, 2.05) is 20.8 Å². The van der Waals surface area contributed by atoms with Gasteiger partial charge in [0.05, 0.1) is 57.8 Å². The number of H-pyrrole nitrogens is 5. The van der Waals surface area contributed by atoms with Crippen molar-refractivity contribution >= 4 is 80.3 Å². The number of nitrogens with zero attached hydrogens (tertiary/aromatic N) is 19. The van der Waals surface area contributed by atoms with Crippen LogP contribution in [0.5, 0.6) is 5.88 Å². The molecule has 508 valence electrons. The molecule has 2 aliphatic carbocycles. The number of nitrogens with one attached hydrogen (secondary N) is 5. The molecule has 0 bridgehead atoms. The molecule has 0 saturated heterocycles. The van der Waals surface area contributed by atoms with Crippen molar-refractivity contribution in [1.29, 1.82) is 0 Å². The Balaban J connectivity index is 0.000000140. The van der Waals surface area contributed by atoms with E-state index < -0.39 is 29.0 Å². The first kappa shape index (κ1) is 70.7. The summed E-state index contributed by atoms with van der Waals surface area (Å²) >= 11 is 0. The number of aromatic amines is 5. The molecule has 37 heteroatoms. The molecule has 0 spiro atoms. The molecule has 2 aliphatic rings. The number of aliphatic hydroxyl groups excluding tert-OH is 1. The van der Waals surface area contributed by atoms with Crippen LogP contribution in [0.4, 0.5) is 47.3 Å². The molecule has 1 fully saturated rings. The molecular weight excluding hydrogens is 1310 g/mol. The summed E-state index contributed by atoms with van der Waals surface area (Å²) in [5, 5.41) is 35.2. The number of halogens is 3. The fourth-order valence-corrected chi connectivity index (χ4v) is 10.7. The number of carboxylic acid groups (broad SMARTS) is 1. The molecule has 100 heavy (non-hydrogen) atoms. The van der Waals surface area contributed by atoms with E-state index in [1.54, 1.807) is 25.3 Å². The number of carbonyl (C=O) groups excluding carboxylic acids is 1. The molecule has 0 atom stereocenters. The first-order chi connectivity index (χ1) is 47.9. The van der Waals surface area contributed by atoms with E-state index in [4.69, 9.17) is 54.4 Å². The van der Waals surface area contributed by atoms with E-state index in [9.17, 15) is 46.7 Å². The van der Waals surface area contributed by atoms with Crippen LogP contribution in [-0.4, -0.2) is 123 Å². The van der Waals surface area contributed by atoms with E-state index in [-0.39, 0.29) is 93.2 Å². The van der Waals surface area contributed by atoms with Crippen molar-refractivity contribution in [3.8, 4) is 5.88 Å². The van der Waals surface area contributed by atoms with Gasteiger partial charge in [0.25, 0.3) is 27.8 Å². The lowest BCUT2D eigenvalue weighted by molar-refractivity contribution is -0.141. The van der Waals surface area contributed by atoms with Gasteiger partial charge in [0, 0.05) is 76.4 Å². The normalized spacial score (nSPS) is 12.1. The molecule has 34 nitrogen and oxygen atoms in total. The zero-order valence-corrected chi connectivity index (χ0v) is 53.6. The maximum atomic E-state index is 12.3. The van der Waals surface area contributed by atoms with Crippen molar-refractivity contribution < 1.29 is 37.7 Å². The molecule has 7 N–H and O–H groups in total. The minimum absolute atomic E-state index is 0.0413. The third-order valence-electron chi connectivity index (χ3n) is 15.5. The quantitative estimate of drug-likeness (QED) is 0.0524. The van der Waals surface area contributed by atoms with Crippen LogP contribution in [-0.2, 0) is 31.9 Å². The Hall–Kier alpha value is -13.7. The largest absolute Gasteiger partial charge is 0.476 e. The Morgan fingerprint density at radius 3 is 1.59 bits per heavy atom. The van der Waals surface area contributed by atoms with Crippen LogP contribution in [0.2, 0.25) is 0 Å². The van der Waals surface area contributed by atoms with E-state index in [0.717, 1.165) is 76.3 Å². The molecule has 12 aromatic rings. The number of aldehydes is 1. The third kappa shape index (κ3) is 13.8. The number of carbonyl (C=O) groups is 2. The number of aromatic nitrogens is 18. The van der Waals surface area contributed by atoms with Crippen molar-refractivity contribution in [2.75, 3.05) is 13.2 Å². The Bertz CT molecular complexity index is 5710. The molecule has 0 aromatic carbocycles. The summed E-state index contributed by atoms with van der Waals surface area (Å²) in [5.41, 5.74) is 4.80.